The van der Waals surface area contributed by atoms with Crippen LogP contribution in [0.25, 0.3) is 0 Å². The Bertz CT molecular complexity index is 835. The lowest BCUT2D eigenvalue weighted by Crippen LogP contribution is -2.26. The van der Waals surface area contributed by atoms with E-state index in [4.69, 9.17) is 0 Å². The average molecular weight is 374 g/mol. The molecule has 3 aromatic heterocycles. The third kappa shape index (κ3) is 3.94. The smallest absolute Gasteiger partial charge is 0.279 e. The summed E-state index contributed by atoms with van der Waals surface area (Å²) >= 11 is 3.20. The average Bonchev–Trinajstić information content (AvgIpc) is 3.38. The standard InChI is InChI=1S/C16H18N6OS2/c23-15(13-10-22(21-20-13)9-12-2-1-7-24-12)19-16-18-8-14(25-16)11-3-5-17-6-4-11/h1-2,7-8,10-11,17H,3-6,9H2,(H,18,19,23). The van der Waals surface area contributed by atoms with Crippen LogP contribution in [0, 0.1) is 0 Å². The quantitative estimate of drug-likeness (QED) is 0.717. The van der Waals surface area contributed by atoms with Gasteiger partial charge in [-0.05, 0) is 43.3 Å². The molecule has 0 saturated carbocycles. The molecule has 9 heteroatoms. The molecule has 1 amide bonds. The number of carbonyl (C=O) groups excluding carboxylic acids is 1. The van der Waals surface area contributed by atoms with Crippen LogP contribution in [0.1, 0.15) is 39.0 Å². The maximum Gasteiger partial charge on any atom is 0.279 e. The van der Waals surface area contributed by atoms with E-state index >= 15 is 0 Å². The second-order valence-corrected chi connectivity index (χ2v) is 8.02. The van der Waals surface area contributed by atoms with E-state index in [2.05, 4.69) is 25.9 Å². The van der Waals surface area contributed by atoms with Crippen LogP contribution >= 0.6 is 22.7 Å². The number of rotatable bonds is 5. The molecule has 1 saturated heterocycles. The zero-order chi connectivity index (χ0) is 17.1. The van der Waals surface area contributed by atoms with E-state index in [1.165, 1.54) is 9.75 Å². The first kappa shape index (κ1) is 16.4. The molecule has 0 unspecified atom stereocenters. The molecular weight excluding hydrogens is 356 g/mol. The van der Waals surface area contributed by atoms with Gasteiger partial charge in [-0.2, -0.15) is 0 Å². The number of thiophene rings is 1. The Morgan fingerprint density at radius 1 is 1.40 bits per heavy atom. The topological polar surface area (TPSA) is 84.7 Å². The number of thiazole rings is 1. The third-order valence-electron chi connectivity index (χ3n) is 4.15. The number of aromatic nitrogens is 4. The highest BCUT2D eigenvalue weighted by molar-refractivity contribution is 7.15. The predicted octanol–water partition coefficient (Wildman–Crippen LogP) is 2.56. The minimum atomic E-state index is -0.274. The number of hydrogen-bond acceptors (Lipinski definition) is 7. The second kappa shape index (κ2) is 7.42. The summed E-state index contributed by atoms with van der Waals surface area (Å²) in [5.74, 6) is 0.264. The first-order valence-electron chi connectivity index (χ1n) is 8.18. The summed E-state index contributed by atoms with van der Waals surface area (Å²) in [6, 6.07) is 4.02. The van der Waals surface area contributed by atoms with E-state index in [0.717, 1.165) is 25.9 Å². The van der Waals surface area contributed by atoms with Crippen molar-refractivity contribution in [1.82, 2.24) is 25.3 Å². The zero-order valence-electron chi connectivity index (χ0n) is 13.5. The van der Waals surface area contributed by atoms with Crippen molar-refractivity contribution in [1.29, 1.82) is 0 Å². The largest absolute Gasteiger partial charge is 0.317 e. The van der Waals surface area contributed by atoms with Crippen LogP contribution in [0.2, 0.25) is 0 Å². The molecular formula is C16H18N6OS2. The fraction of sp³-hybridized carbons (Fsp3) is 0.375. The number of piperidine rings is 1. The lowest BCUT2D eigenvalue weighted by atomic mass is 9.97. The van der Waals surface area contributed by atoms with E-state index in [9.17, 15) is 4.79 Å². The summed E-state index contributed by atoms with van der Waals surface area (Å²) in [6.07, 6.45) is 5.78. The fourth-order valence-electron chi connectivity index (χ4n) is 2.84. The minimum absolute atomic E-state index is 0.274. The van der Waals surface area contributed by atoms with Crippen LogP contribution in [0.15, 0.2) is 29.9 Å². The first-order chi connectivity index (χ1) is 12.3. The van der Waals surface area contributed by atoms with E-state index in [0.29, 0.717) is 23.3 Å². The van der Waals surface area contributed by atoms with Gasteiger partial charge in [-0.3, -0.25) is 10.1 Å². The summed E-state index contributed by atoms with van der Waals surface area (Å²) in [5, 5.41) is 16.8. The molecule has 0 bridgehead atoms. The van der Waals surface area contributed by atoms with Crippen LogP contribution in [0.5, 0.6) is 0 Å². The van der Waals surface area contributed by atoms with Crippen LogP contribution in [-0.2, 0) is 6.54 Å². The number of nitrogens with one attached hydrogen (secondary N) is 2. The molecule has 1 fully saturated rings. The van der Waals surface area contributed by atoms with E-state index < -0.39 is 0 Å². The summed E-state index contributed by atoms with van der Waals surface area (Å²) in [4.78, 5) is 19.1. The Balaban J connectivity index is 1.38. The molecule has 130 valence electrons. The monoisotopic (exact) mass is 374 g/mol. The van der Waals surface area contributed by atoms with Gasteiger partial charge in [0, 0.05) is 16.0 Å². The molecule has 0 aliphatic carbocycles. The SMILES string of the molecule is O=C(Nc1ncc(C2CCNCC2)s1)c1cn(Cc2cccs2)nn1. The molecule has 4 heterocycles. The Morgan fingerprint density at radius 2 is 2.28 bits per heavy atom. The molecule has 0 atom stereocenters. The Labute approximate surface area is 153 Å². The number of anilines is 1. The number of hydrogen-bond donors (Lipinski definition) is 2. The van der Waals surface area contributed by atoms with Gasteiger partial charge in [0.05, 0.1) is 12.7 Å². The highest BCUT2D eigenvalue weighted by atomic mass is 32.1. The molecule has 3 aromatic rings. The van der Waals surface area contributed by atoms with Gasteiger partial charge >= 0.3 is 0 Å². The normalized spacial score (nSPS) is 15.4. The van der Waals surface area contributed by atoms with Crippen molar-refractivity contribution >= 4 is 33.7 Å². The molecule has 2 N–H and O–H groups in total. The molecule has 4 rings (SSSR count). The fourth-order valence-corrected chi connectivity index (χ4v) is 4.52. The van der Waals surface area contributed by atoms with Crippen molar-refractivity contribution in [3.05, 3.63) is 45.4 Å². The minimum Gasteiger partial charge on any atom is -0.317 e. The zero-order valence-corrected chi connectivity index (χ0v) is 15.1. The van der Waals surface area contributed by atoms with Gasteiger partial charge in [0.25, 0.3) is 5.91 Å². The van der Waals surface area contributed by atoms with Gasteiger partial charge in [-0.1, -0.05) is 11.3 Å². The third-order valence-corrected chi connectivity index (χ3v) is 6.09. The summed E-state index contributed by atoms with van der Waals surface area (Å²) in [5.41, 5.74) is 0.301. The van der Waals surface area contributed by atoms with Gasteiger partial charge in [0.15, 0.2) is 10.8 Å². The lowest BCUT2D eigenvalue weighted by molar-refractivity contribution is 0.102. The molecule has 1 aliphatic heterocycles. The number of nitrogens with zero attached hydrogens (tertiary/aromatic N) is 4. The maximum atomic E-state index is 12.3. The van der Waals surface area contributed by atoms with Crippen molar-refractivity contribution in [2.45, 2.75) is 25.3 Å². The number of amides is 1. The predicted molar refractivity (Wildman–Crippen MR) is 98.4 cm³/mol. The summed E-state index contributed by atoms with van der Waals surface area (Å²) < 4.78 is 1.67. The molecule has 7 nitrogen and oxygen atoms in total. The Morgan fingerprint density at radius 3 is 3.08 bits per heavy atom. The van der Waals surface area contributed by atoms with Gasteiger partial charge in [0.1, 0.15) is 0 Å². The van der Waals surface area contributed by atoms with Crippen molar-refractivity contribution < 1.29 is 4.79 Å². The van der Waals surface area contributed by atoms with Gasteiger partial charge in [0.2, 0.25) is 0 Å². The summed E-state index contributed by atoms with van der Waals surface area (Å²) in [7, 11) is 0. The van der Waals surface area contributed by atoms with Crippen LogP contribution in [-0.4, -0.2) is 39.0 Å². The summed E-state index contributed by atoms with van der Waals surface area (Å²) in [6.45, 7) is 2.70. The lowest BCUT2D eigenvalue weighted by Gasteiger charge is -2.20. The molecule has 1 aliphatic rings. The highest BCUT2D eigenvalue weighted by Crippen LogP contribution is 2.31. The van der Waals surface area contributed by atoms with E-state index in [1.807, 2.05) is 23.7 Å². The Kier molecular flexibility index (Phi) is 4.86. The van der Waals surface area contributed by atoms with E-state index in [1.54, 1.807) is 33.6 Å². The highest BCUT2D eigenvalue weighted by Gasteiger charge is 2.19. The van der Waals surface area contributed by atoms with Crippen molar-refractivity contribution in [2.24, 2.45) is 0 Å². The van der Waals surface area contributed by atoms with Crippen LogP contribution < -0.4 is 10.6 Å². The van der Waals surface area contributed by atoms with Crippen molar-refractivity contribution in [3.63, 3.8) is 0 Å². The van der Waals surface area contributed by atoms with Crippen molar-refractivity contribution in [2.75, 3.05) is 18.4 Å². The molecule has 0 spiro atoms. The first-order valence-corrected chi connectivity index (χ1v) is 9.88. The maximum absolute atomic E-state index is 12.3. The van der Waals surface area contributed by atoms with Crippen molar-refractivity contribution in [3.8, 4) is 0 Å². The van der Waals surface area contributed by atoms with Crippen LogP contribution in [0.4, 0.5) is 5.13 Å². The molecule has 0 radical (unpaired) electrons. The number of carbonyl (C=O) groups is 1. The van der Waals surface area contributed by atoms with E-state index in [-0.39, 0.29) is 5.91 Å². The van der Waals surface area contributed by atoms with Crippen LogP contribution in [0.3, 0.4) is 0 Å². The van der Waals surface area contributed by atoms with Gasteiger partial charge in [-0.15, -0.1) is 27.8 Å². The molecule has 25 heavy (non-hydrogen) atoms. The Hall–Kier alpha value is -2.10. The van der Waals surface area contributed by atoms with Gasteiger partial charge in [-0.25, -0.2) is 9.67 Å². The second-order valence-electron chi connectivity index (χ2n) is 5.93. The molecule has 0 aromatic carbocycles. The van der Waals surface area contributed by atoms with Gasteiger partial charge < -0.3 is 5.32 Å².